The van der Waals surface area contributed by atoms with Crippen molar-refractivity contribution in [1.29, 1.82) is 0 Å². The Bertz CT molecular complexity index is 1970. The van der Waals surface area contributed by atoms with Crippen molar-refractivity contribution in [3.05, 3.63) is 24.8 Å². The Kier molecular flexibility index (Phi) is 22.4. The van der Waals surface area contributed by atoms with Crippen LogP contribution in [0.3, 0.4) is 0 Å². The van der Waals surface area contributed by atoms with Crippen LogP contribution in [0.25, 0.3) is 11.2 Å². The number of nitrogens with zero attached hydrogens (tertiary/aromatic N) is 4. The molecule has 3 heterocycles. The van der Waals surface area contributed by atoms with Gasteiger partial charge in [0.05, 0.1) is 19.5 Å². The summed E-state index contributed by atoms with van der Waals surface area (Å²) < 4.78 is 62.3. The van der Waals surface area contributed by atoms with Crippen LogP contribution < -0.4 is 16.4 Å². The highest BCUT2D eigenvalue weighted by Gasteiger charge is 2.50. The number of aliphatic hydroxyl groups excluding tert-OH is 2. The number of phosphoric acid groups is 3. The van der Waals surface area contributed by atoms with E-state index in [1.54, 1.807) is 0 Å². The minimum atomic E-state index is -5.57. The maximum atomic E-state index is 12.7. The normalized spacial score (nSPS) is 20.7. The Morgan fingerprint density at radius 3 is 2.32 bits per heavy atom. The molecule has 0 spiro atoms. The van der Waals surface area contributed by atoms with Gasteiger partial charge in [0.25, 0.3) is 0 Å². The number of aromatic nitrogens is 4. The first-order valence-corrected chi connectivity index (χ1v) is 25.8. The first-order valence-electron chi connectivity index (χ1n) is 20.3. The minimum absolute atomic E-state index is 0.0200. The summed E-state index contributed by atoms with van der Waals surface area (Å²) in [7, 11) is -16.4. The molecule has 1 aliphatic heterocycles. The molecule has 1 fully saturated rings. The standard InChI is InChI=1S/C35H60N7O17P3S/c1-4-5-6-7-8-9-10-11-12-13-14-15-26(44)63-19-18-37-25(43)16-17-38-33(47)30(46)35(2,3)21-56-62(53,54)59-61(51,52)55-20-24-29(58-60(48,49)50)28(45)34(57-24)42-23-41-27-31(36)39-22-40-32(27)42/h13-14,22-24,28-30,34,45-46H,4-12,15-21H2,1-3H3,(H,37,43)(H,38,47)(H,51,52)(H,53,54)(H2,36,39,40)(H2,48,49,50)/b14-13+. The lowest BCUT2D eigenvalue weighted by molar-refractivity contribution is -0.137. The highest BCUT2D eigenvalue weighted by molar-refractivity contribution is 8.13. The molecule has 0 bridgehead atoms. The van der Waals surface area contributed by atoms with Crippen molar-refractivity contribution >= 4 is 69.1 Å². The van der Waals surface area contributed by atoms with E-state index in [9.17, 15) is 57.9 Å². The molecule has 0 radical (unpaired) electrons. The molecule has 0 saturated carbocycles. The summed E-state index contributed by atoms with van der Waals surface area (Å²) >= 11 is 1.10. The number of carbonyl (C=O) groups excluding carboxylic acids is 3. The summed E-state index contributed by atoms with van der Waals surface area (Å²) in [4.78, 5) is 88.1. The van der Waals surface area contributed by atoms with Crippen molar-refractivity contribution in [2.24, 2.45) is 5.41 Å². The van der Waals surface area contributed by atoms with Crippen LogP contribution in [0.15, 0.2) is 24.8 Å². The quantitative estimate of drug-likeness (QED) is 0.0308. The van der Waals surface area contributed by atoms with Crippen LogP contribution in [0.5, 0.6) is 0 Å². The molecule has 0 aliphatic carbocycles. The van der Waals surface area contributed by atoms with E-state index in [4.69, 9.17) is 19.5 Å². The third kappa shape index (κ3) is 19.4. The topological polar surface area (TPSA) is 364 Å². The number of imidazole rings is 1. The number of nitrogens with two attached hydrogens (primary N) is 1. The van der Waals surface area contributed by atoms with E-state index in [2.05, 4.69) is 41.3 Å². The van der Waals surface area contributed by atoms with Crippen molar-refractivity contribution < 1.29 is 80.5 Å². The van der Waals surface area contributed by atoms with Gasteiger partial charge in [-0.15, -0.1) is 0 Å². The van der Waals surface area contributed by atoms with Gasteiger partial charge in [0.2, 0.25) is 11.8 Å². The van der Waals surface area contributed by atoms with E-state index in [0.29, 0.717) is 12.2 Å². The van der Waals surface area contributed by atoms with Crippen LogP contribution >= 0.6 is 35.2 Å². The maximum absolute atomic E-state index is 12.7. The molecule has 63 heavy (non-hydrogen) atoms. The number of hydrogen-bond acceptors (Lipinski definition) is 18. The van der Waals surface area contributed by atoms with Crippen molar-refractivity contribution in [2.75, 3.05) is 37.8 Å². The Hall–Kier alpha value is -2.70. The highest BCUT2D eigenvalue weighted by atomic mass is 32.2. The third-order valence-electron chi connectivity index (χ3n) is 9.44. The smallest absolute Gasteiger partial charge is 0.386 e. The number of aliphatic hydroxyl groups is 2. The van der Waals surface area contributed by atoms with Gasteiger partial charge >= 0.3 is 23.5 Å². The number of allylic oxidation sites excluding steroid dienone is 2. The van der Waals surface area contributed by atoms with Gasteiger partial charge in [0.15, 0.2) is 22.8 Å². The van der Waals surface area contributed by atoms with Gasteiger partial charge in [-0.3, -0.25) is 32.5 Å². The summed E-state index contributed by atoms with van der Waals surface area (Å²) in [5.74, 6) is -1.08. The van der Waals surface area contributed by atoms with Crippen molar-refractivity contribution in [3.8, 4) is 0 Å². The van der Waals surface area contributed by atoms with Gasteiger partial charge in [0, 0.05) is 37.1 Å². The first-order chi connectivity index (χ1) is 29.6. The summed E-state index contributed by atoms with van der Waals surface area (Å²) in [5.41, 5.74) is 4.28. The SMILES string of the molecule is CCCCCCCCCC/C=C/CC(=O)SCCNC(=O)CCNC(=O)C(O)C(C)(C)COP(=O)(O)OP(=O)(O)OCC1OC(n2cnc3c(N)ncnc32)C(O)C1OP(=O)(O)O. The monoisotopic (exact) mass is 975 g/mol. The molecule has 24 nitrogen and oxygen atoms in total. The van der Waals surface area contributed by atoms with Crippen molar-refractivity contribution in [3.63, 3.8) is 0 Å². The number of rotatable bonds is 30. The zero-order valence-electron chi connectivity index (χ0n) is 35.3. The fourth-order valence-electron chi connectivity index (χ4n) is 6.05. The maximum Gasteiger partial charge on any atom is 0.481 e. The fourth-order valence-corrected chi connectivity index (χ4v) is 9.52. The zero-order chi connectivity index (χ0) is 46.8. The molecule has 2 aromatic rings. The minimum Gasteiger partial charge on any atom is -0.386 e. The van der Waals surface area contributed by atoms with E-state index < -0.39 is 84.6 Å². The summed E-state index contributed by atoms with van der Waals surface area (Å²) in [5, 5.41) is 26.5. The number of ether oxygens (including phenoxy) is 1. The largest absolute Gasteiger partial charge is 0.481 e. The van der Waals surface area contributed by atoms with Crippen LogP contribution in [0.1, 0.15) is 97.6 Å². The van der Waals surface area contributed by atoms with Gasteiger partial charge in [-0.05, 0) is 12.8 Å². The molecule has 0 aromatic carbocycles. The summed E-state index contributed by atoms with van der Waals surface area (Å²) in [6.45, 7) is 2.73. The predicted octanol–water partition coefficient (Wildman–Crippen LogP) is 3.14. The molecular weight excluding hydrogens is 915 g/mol. The van der Waals surface area contributed by atoms with Crippen molar-refractivity contribution in [2.45, 2.75) is 122 Å². The van der Waals surface area contributed by atoms with Crippen molar-refractivity contribution in [1.82, 2.24) is 30.2 Å². The number of phosphoric ester groups is 3. The molecule has 358 valence electrons. The number of carbonyl (C=O) groups is 3. The van der Waals surface area contributed by atoms with E-state index in [1.807, 2.05) is 12.2 Å². The van der Waals surface area contributed by atoms with Gasteiger partial charge in [0.1, 0.15) is 36.3 Å². The van der Waals surface area contributed by atoms with E-state index in [0.717, 1.165) is 41.8 Å². The van der Waals surface area contributed by atoms with Crippen LogP contribution in [0.4, 0.5) is 5.82 Å². The molecule has 2 amide bonds. The first kappa shape index (κ1) is 54.6. The summed E-state index contributed by atoms with van der Waals surface area (Å²) in [6, 6.07) is 0. The van der Waals surface area contributed by atoms with Crippen LogP contribution in [0, 0.1) is 5.41 Å². The molecule has 1 saturated heterocycles. The lowest BCUT2D eigenvalue weighted by Gasteiger charge is -2.30. The Morgan fingerprint density at radius 2 is 1.63 bits per heavy atom. The van der Waals surface area contributed by atoms with Crippen LogP contribution in [-0.4, -0.2) is 123 Å². The lowest BCUT2D eigenvalue weighted by Crippen LogP contribution is -2.46. The molecule has 10 N–H and O–H groups in total. The van der Waals surface area contributed by atoms with Crippen LogP contribution in [0.2, 0.25) is 0 Å². The van der Waals surface area contributed by atoms with Gasteiger partial charge in [-0.2, -0.15) is 4.31 Å². The molecule has 7 atom stereocenters. The lowest BCUT2D eigenvalue weighted by atomic mass is 9.87. The molecule has 1 aliphatic rings. The van der Waals surface area contributed by atoms with E-state index in [1.165, 1.54) is 58.8 Å². The average Bonchev–Trinajstić information content (AvgIpc) is 3.76. The van der Waals surface area contributed by atoms with Gasteiger partial charge in [-0.25, -0.2) is 28.6 Å². The number of anilines is 1. The summed E-state index contributed by atoms with van der Waals surface area (Å²) in [6.07, 6.45) is 8.15. The van der Waals surface area contributed by atoms with E-state index >= 15 is 0 Å². The third-order valence-corrected chi connectivity index (χ3v) is 13.4. The number of unbranched alkanes of at least 4 members (excludes halogenated alkanes) is 8. The number of hydrogen-bond donors (Lipinski definition) is 9. The molecule has 28 heteroatoms. The number of nitrogen functional groups attached to an aromatic ring is 1. The second-order valence-electron chi connectivity index (χ2n) is 15.2. The molecular formula is C35H60N7O17P3S. The average molecular weight is 976 g/mol. The number of amides is 2. The second-order valence-corrected chi connectivity index (χ2v) is 20.6. The van der Waals surface area contributed by atoms with Gasteiger partial charge in [-0.1, -0.05) is 89.6 Å². The van der Waals surface area contributed by atoms with Crippen LogP contribution in [-0.2, 0) is 50.7 Å². The molecule has 2 aromatic heterocycles. The molecule has 7 unspecified atom stereocenters. The molecule has 3 rings (SSSR count). The fraction of sp³-hybridized carbons (Fsp3) is 0.714. The number of nitrogens with one attached hydrogen (secondary N) is 2. The number of fused-ring (bicyclic) bond motifs is 1. The number of thioether (sulfide) groups is 1. The predicted molar refractivity (Wildman–Crippen MR) is 228 cm³/mol. The Labute approximate surface area is 368 Å². The highest BCUT2D eigenvalue weighted by Crippen LogP contribution is 2.61. The zero-order valence-corrected chi connectivity index (χ0v) is 38.8. The van der Waals surface area contributed by atoms with E-state index in [-0.39, 0.29) is 41.6 Å². The van der Waals surface area contributed by atoms with Gasteiger partial charge < -0.3 is 50.9 Å². The Balaban J connectivity index is 1.37. The second kappa shape index (κ2) is 25.9. The Morgan fingerprint density at radius 1 is 0.968 bits per heavy atom.